The summed E-state index contributed by atoms with van der Waals surface area (Å²) < 4.78 is 2.10. The van der Waals surface area contributed by atoms with E-state index in [0.717, 1.165) is 55.8 Å². The van der Waals surface area contributed by atoms with E-state index < -0.39 is 0 Å². The van der Waals surface area contributed by atoms with Gasteiger partial charge in [0.05, 0.1) is 23.6 Å². The summed E-state index contributed by atoms with van der Waals surface area (Å²) in [5.74, 6) is 0.517. The number of benzene rings is 1. The number of allylic oxidation sites excluding steroid dienone is 1. The molecule has 2 aliphatic rings. The Labute approximate surface area is 230 Å². The van der Waals surface area contributed by atoms with E-state index in [1.807, 2.05) is 36.0 Å². The number of imidazole rings is 1. The van der Waals surface area contributed by atoms with Crippen molar-refractivity contribution >= 4 is 22.5 Å². The molecule has 1 fully saturated rings. The quantitative estimate of drug-likeness (QED) is 0.271. The van der Waals surface area contributed by atoms with Gasteiger partial charge in [0.2, 0.25) is 0 Å². The lowest BCUT2D eigenvalue weighted by atomic mass is 9.79. The summed E-state index contributed by atoms with van der Waals surface area (Å²) in [6.07, 6.45) is 8.29. The van der Waals surface area contributed by atoms with Gasteiger partial charge in [0.15, 0.2) is 5.65 Å². The molecule has 6 rings (SSSR count). The van der Waals surface area contributed by atoms with Crippen molar-refractivity contribution in [1.29, 1.82) is 0 Å². The van der Waals surface area contributed by atoms with Crippen molar-refractivity contribution in [2.24, 2.45) is 0 Å². The number of piperidine rings is 1. The molecular formula is C32H39N5S. The van der Waals surface area contributed by atoms with Crippen LogP contribution in [0.2, 0.25) is 0 Å². The molecule has 5 nitrogen and oxygen atoms in total. The largest absolute Gasteiger partial charge is 0.374 e. The minimum atomic E-state index is 0.121. The molecule has 0 N–H and O–H groups in total. The van der Waals surface area contributed by atoms with Gasteiger partial charge >= 0.3 is 0 Å². The van der Waals surface area contributed by atoms with E-state index in [4.69, 9.17) is 4.98 Å². The molecule has 4 aromatic rings. The van der Waals surface area contributed by atoms with Crippen molar-refractivity contribution in [2.45, 2.75) is 83.6 Å². The first-order chi connectivity index (χ1) is 18.1. The molecule has 0 saturated carbocycles. The van der Waals surface area contributed by atoms with Crippen LogP contribution in [0, 0.1) is 0 Å². The number of thiazole rings is 1. The summed E-state index contributed by atoms with van der Waals surface area (Å²) in [5, 5.41) is 3.60. The van der Waals surface area contributed by atoms with E-state index in [1.165, 1.54) is 39.4 Å². The van der Waals surface area contributed by atoms with E-state index in [0.29, 0.717) is 5.92 Å². The number of hydrogen-bond acceptors (Lipinski definition) is 5. The Morgan fingerprint density at radius 3 is 2.71 bits per heavy atom. The van der Waals surface area contributed by atoms with Gasteiger partial charge in [0, 0.05) is 41.8 Å². The van der Waals surface area contributed by atoms with Gasteiger partial charge in [0.1, 0.15) is 5.52 Å². The molecule has 0 amide bonds. The van der Waals surface area contributed by atoms with Crippen LogP contribution in [0.4, 0.5) is 0 Å². The molecule has 1 aromatic carbocycles. The second-order valence-corrected chi connectivity index (χ2v) is 13.7. The van der Waals surface area contributed by atoms with Gasteiger partial charge in [0.25, 0.3) is 0 Å². The molecule has 0 atom stereocenters. The van der Waals surface area contributed by atoms with Crippen LogP contribution in [0.15, 0.2) is 54.4 Å². The summed E-state index contributed by atoms with van der Waals surface area (Å²) in [5.41, 5.74) is 10.4. The fourth-order valence-electron chi connectivity index (χ4n) is 6.13. The lowest BCUT2D eigenvalue weighted by molar-refractivity contribution is 0.253. The second-order valence-electron chi connectivity index (χ2n) is 12.8. The van der Waals surface area contributed by atoms with Crippen LogP contribution in [0.5, 0.6) is 0 Å². The molecule has 0 bridgehead atoms. The summed E-state index contributed by atoms with van der Waals surface area (Å²) in [4.78, 5) is 16.7. The minimum absolute atomic E-state index is 0.121. The third-order valence-corrected chi connectivity index (χ3v) is 9.67. The maximum Gasteiger partial charge on any atom is 0.160 e. The average molecular weight is 526 g/mol. The second kappa shape index (κ2) is 9.33. The Balaban J connectivity index is 1.17. The average Bonchev–Trinajstić information content (AvgIpc) is 3.61. The van der Waals surface area contributed by atoms with Crippen LogP contribution >= 0.6 is 11.3 Å². The van der Waals surface area contributed by atoms with Gasteiger partial charge in [-0.25, -0.2) is 15.0 Å². The highest BCUT2D eigenvalue weighted by Gasteiger charge is 2.34. The van der Waals surface area contributed by atoms with Gasteiger partial charge in [-0.05, 0) is 71.4 Å². The summed E-state index contributed by atoms with van der Waals surface area (Å²) in [7, 11) is 0. The van der Waals surface area contributed by atoms with E-state index in [-0.39, 0.29) is 10.8 Å². The molecule has 6 heteroatoms. The van der Waals surface area contributed by atoms with Crippen LogP contribution in [-0.2, 0) is 23.8 Å². The first-order valence-electron chi connectivity index (χ1n) is 13.9. The Hall–Kier alpha value is -2.99. The van der Waals surface area contributed by atoms with E-state index in [9.17, 15) is 0 Å². The smallest absolute Gasteiger partial charge is 0.160 e. The van der Waals surface area contributed by atoms with Crippen molar-refractivity contribution in [3.05, 3.63) is 76.1 Å². The predicted octanol–water partition coefficient (Wildman–Crippen LogP) is 7.47. The van der Waals surface area contributed by atoms with Crippen LogP contribution < -0.4 is 0 Å². The third kappa shape index (κ3) is 4.57. The Morgan fingerprint density at radius 1 is 1.16 bits per heavy atom. The van der Waals surface area contributed by atoms with Gasteiger partial charge < -0.3 is 9.47 Å². The third-order valence-electron chi connectivity index (χ3n) is 8.66. The maximum atomic E-state index is 5.27. The number of aromatic nitrogens is 4. The van der Waals surface area contributed by atoms with Crippen molar-refractivity contribution in [1.82, 2.24) is 24.4 Å². The van der Waals surface area contributed by atoms with Crippen molar-refractivity contribution < 1.29 is 0 Å². The van der Waals surface area contributed by atoms with Crippen molar-refractivity contribution in [3.63, 3.8) is 0 Å². The molecule has 4 heterocycles. The topological polar surface area (TPSA) is 46.8 Å². The molecule has 38 heavy (non-hydrogen) atoms. The molecule has 1 saturated heterocycles. The highest BCUT2D eigenvalue weighted by Crippen LogP contribution is 2.45. The summed E-state index contributed by atoms with van der Waals surface area (Å²) >= 11 is 1.85. The number of hydrogen-bond donors (Lipinski definition) is 0. The molecule has 0 radical (unpaired) electrons. The maximum absolute atomic E-state index is 5.27. The van der Waals surface area contributed by atoms with Crippen LogP contribution in [0.3, 0.4) is 0 Å². The predicted molar refractivity (Wildman–Crippen MR) is 158 cm³/mol. The molecule has 0 spiro atoms. The van der Waals surface area contributed by atoms with Crippen LogP contribution in [0.25, 0.3) is 22.4 Å². The minimum Gasteiger partial charge on any atom is -0.374 e. The molecular weight excluding hydrogens is 486 g/mol. The zero-order valence-electron chi connectivity index (χ0n) is 23.4. The molecule has 1 aliphatic heterocycles. The van der Waals surface area contributed by atoms with Crippen LogP contribution in [-0.4, -0.2) is 37.5 Å². The number of fused-ring (bicyclic) bond motifs is 2. The number of likely N-dealkylation sites (tertiary alicyclic amines) is 1. The van der Waals surface area contributed by atoms with Crippen molar-refractivity contribution in [3.8, 4) is 11.3 Å². The first-order valence-corrected chi connectivity index (χ1v) is 14.8. The number of pyridine rings is 1. The Bertz CT molecular complexity index is 1490. The SMILES string of the molecule is C=C(Cn1cnc2cccnc21)N1CCC(c2nc(-c3cc(C(C)(C)C)cc4c3CCC4(C)C)cs2)CC1. The van der Waals surface area contributed by atoms with Gasteiger partial charge in [-0.15, -0.1) is 11.3 Å². The lowest BCUT2D eigenvalue weighted by Gasteiger charge is -2.34. The molecule has 1 aliphatic carbocycles. The molecule has 198 valence electrons. The van der Waals surface area contributed by atoms with Crippen LogP contribution in [0.1, 0.15) is 81.5 Å². The van der Waals surface area contributed by atoms with Gasteiger partial charge in [-0.2, -0.15) is 0 Å². The van der Waals surface area contributed by atoms with E-state index >= 15 is 0 Å². The zero-order valence-corrected chi connectivity index (χ0v) is 24.2. The summed E-state index contributed by atoms with van der Waals surface area (Å²) in [6.45, 7) is 18.9. The van der Waals surface area contributed by atoms with Gasteiger partial charge in [-0.3, -0.25) is 0 Å². The van der Waals surface area contributed by atoms with E-state index in [1.54, 1.807) is 0 Å². The zero-order chi connectivity index (χ0) is 26.7. The fourth-order valence-corrected chi connectivity index (χ4v) is 7.12. The fraction of sp³-hybridized carbons (Fsp3) is 0.469. The number of nitrogens with zero attached hydrogens (tertiary/aromatic N) is 5. The highest BCUT2D eigenvalue weighted by atomic mass is 32.1. The lowest BCUT2D eigenvalue weighted by Crippen LogP contribution is -2.33. The monoisotopic (exact) mass is 525 g/mol. The van der Waals surface area contributed by atoms with Crippen molar-refractivity contribution in [2.75, 3.05) is 13.1 Å². The Kier molecular flexibility index (Phi) is 6.21. The molecule has 0 unspecified atom stereocenters. The molecule has 3 aromatic heterocycles. The highest BCUT2D eigenvalue weighted by molar-refractivity contribution is 7.10. The number of rotatable bonds is 5. The standard InChI is InChI=1S/C32H39N5S/c1-21(18-37-20-34-27-8-7-13-33-29(27)37)36-14-10-22(11-15-36)30-35-28(19-38-30)25-16-23(31(2,3)4)17-26-24(25)9-12-32(26,5)6/h7-8,13,16-17,19-20,22H,1,9-12,14-15,18H2,2-6H3. The van der Waals surface area contributed by atoms with Gasteiger partial charge in [-0.1, -0.05) is 47.3 Å². The first kappa shape index (κ1) is 25.3. The summed E-state index contributed by atoms with van der Waals surface area (Å²) in [6, 6.07) is 8.84. The Morgan fingerprint density at radius 2 is 1.95 bits per heavy atom. The normalized spacial score (nSPS) is 17.8. The van der Waals surface area contributed by atoms with E-state index in [2.05, 4.69) is 78.1 Å².